The lowest BCUT2D eigenvalue weighted by atomic mass is 10.0. The molecule has 172 valence electrons. The fourth-order valence-corrected chi connectivity index (χ4v) is 6.65. The van der Waals surface area contributed by atoms with Crippen LogP contribution in [0.5, 0.6) is 0 Å². The number of benzene rings is 1. The van der Waals surface area contributed by atoms with Crippen LogP contribution in [0.2, 0.25) is 0 Å². The number of thiophene rings is 1. The molecule has 9 heteroatoms. The zero-order valence-corrected chi connectivity index (χ0v) is 20.2. The molecule has 3 heterocycles. The van der Waals surface area contributed by atoms with Crippen molar-refractivity contribution >= 4 is 50.8 Å². The second kappa shape index (κ2) is 9.30. The summed E-state index contributed by atoms with van der Waals surface area (Å²) in [6, 6.07) is 5.52. The SMILES string of the molecule is Cc1cccc(NC(=O)CSCc2nc3sc4c(c3c(=O)[nH]2)CCC4)c1C(=O)N1CCCC1. The van der Waals surface area contributed by atoms with E-state index in [2.05, 4.69) is 15.3 Å². The first kappa shape index (κ1) is 22.2. The number of nitrogens with zero attached hydrogens (tertiary/aromatic N) is 2. The van der Waals surface area contributed by atoms with Gasteiger partial charge in [-0.05, 0) is 56.2 Å². The van der Waals surface area contributed by atoms with E-state index in [1.807, 2.05) is 24.0 Å². The van der Waals surface area contributed by atoms with Gasteiger partial charge in [0.25, 0.3) is 11.5 Å². The van der Waals surface area contributed by atoms with Gasteiger partial charge in [0.2, 0.25) is 5.91 Å². The van der Waals surface area contributed by atoms with E-state index < -0.39 is 0 Å². The number of aromatic amines is 1. The van der Waals surface area contributed by atoms with Crippen LogP contribution in [-0.4, -0.2) is 45.5 Å². The van der Waals surface area contributed by atoms with Crippen molar-refractivity contribution in [2.75, 3.05) is 24.2 Å². The van der Waals surface area contributed by atoms with Crippen LogP contribution < -0.4 is 10.9 Å². The van der Waals surface area contributed by atoms with E-state index in [1.165, 1.54) is 22.2 Å². The van der Waals surface area contributed by atoms with Crippen molar-refractivity contribution in [2.45, 2.75) is 44.8 Å². The lowest BCUT2D eigenvalue weighted by molar-refractivity contribution is -0.113. The van der Waals surface area contributed by atoms with E-state index in [0.29, 0.717) is 22.8 Å². The summed E-state index contributed by atoms with van der Waals surface area (Å²) in [4.78, 5) is 49.7. The molecule has 1 fully saturated rings. The fourth-order valence-electron chi connectivity index (χ4n) is 4.68. The number of aromatic nitrogens is 2. The number of carbonyl (C=O) groups excluding carboxylic acids is 2. The van der Waals surface area contributed by atoms with Crippen LogP contribution in [0.1, 0.15) is 51.4 Å². The van der Waals surface area contributed by atoms with Crippen molar-refractivity contribution in [3.63, 3.8) is 0 Å². The molecule has 2 amide bonds. The van der Waals surface area contributed by atoms with Gasteiger partial charge in [0, 0.05) is 18.0 Å². The zero-order valence-electron chi connectivity index (χ0n) is 18.5. The van der Waals surface area contributed by atoms with Gasteiger partial charge in [-0.25, -0.2) is 4.98 Å². The van der Waals surface area contributed by atoms with Crippen molar-refractivity contribution in [3.05, 3.63) is 55.9 Å². The van der Waals surface area contributed by atoms with Gasteiger partial charge in [-0.3, -0.25) is 14.4 Å². The van der Waals surface area contributed by atoms with Crippen LogP contribution in [0, 0.1) is 6.92 Å². The van der Waals surface area contributed by atoms with Crippen molar-refractivity contribution in [1.29, 1.82) is 0 Å². The molecule has 2 aliphatic rings. The topological polar surface area (TPSA) is 95.2 Å². The Bertz CT molecular complexity index is 1290. The summed E-state index contributed by atoms with van der Waals surface area (Å²) in [7, 11) is 0. The largest absolute Gasteiger partial charge is 0.339 e. The third kappa shape index (κ3) is 4.44. The van der Waals surface area contributed by atoms with Gasteiger partial charge in [-0.2, -0.15) is 0 Å². The fraction of sp³-hybridized carbons (Fsp3) is 0.417. The predicted octanol–water partition coefficient (Wildman–Crippen LogP) is 3.89. The van der Waals surface area contributed by atoms with E-state index in [1.54, 1.807) is 17.4 Å². The molecule has 2 N–H and O–H groups in total. The smallest absolute Gasteiger partial charge is 0.259 e. The molecule has 0 bridgehead atoms. The summed E-state index contributed by atoms with van der Waals surface area (Å²) in [6.45, 7) is 3.42. The Kier molecular flexibility index (Phi) is 6.25. The normalized spacial score (nSPS) is 15.2. The average Bonchev–Trinajstić information content (AvgIpc) is 3.51. The van der Waals surface area contributed by atoms with Crippen molar-refractivity contribution in [1.82, 2.24) is 14.9 Å². The van der Waals surface area contributed by atoms with E-state index >= 15 is 0 Å². The Morgan fingerprint density at radius 3 is 2.85 bits per heavy atom. The third-order valence-corrected chi connectivity index (χ3v) is 8.38. The summed E-state index contributed by atoms with van der Waals surface area (Å²) in [5, 5.41) is 3.66. The van der Waals surface area contributed by atoms with Crippen molar-refractivity contribution < 1.29 is 9.59 Å². The van der Waals surface area contributed by atoms with Gasteiger partial charge in [0.05, 0.1) is 28.1 Å². The molecular weight excluding hydrogens is 456 g/mol. The summed E-state index contributed by atoms with van der Waals surface area (Å²) < 4.78 is 0. The summed E-state index contributed by atoms with van der Waals surface area (Å²) in [5.41, 5.74) is 3.07. The van der Waals surface area contributed by atoms with Crippen LogP contribution in [0.4, 0.5) is 5.69 Å². The van der Waals surface area contributed by atoms with Gasteiger partial charge < -0.3 is 15.2 Å². The standard InChI is InChI=1S/C24H26N4O3S2/c1-14-6-4-8-16(20(14)24(31)28-10-2-3-11-28)25-19(29)13-32-12-18-26-22(30)21-15-7-5-9-17(15)33-23(21)27-18/h4,6,8H,2-3,5,7,9-13H2,1H3,(H,25,29)(H,26,27,30). The number of nitrogens with one attached hydrogen (secondary N) is 2. The Labute approximate surface area is 200 Å². The number of fused-ring (bicyclic) bond motifs is 3. The van der Waals surface area contributed by atoms with E-state index in [0.717, 1.165) is 61.0 Å². The van der Waals surface area contributed by atoms with Crippen molar-refractivity contribution in [2.24, 2.45) is 0 Å². The van der Waals surface area contributed by atoms with Crippen LogP contribution in [-0.2, 0) is 23.4 Å². The number of hydrogen-bond donors (Lipinski definition) is 2. The molecule has 7 nitrogen and oxygen atoms in total. The van der Waals surface area contributed by atoms with Crippen LogP contribution >= 0.6 is 23.1 Å². The minimum absolute atomic E-state index is 0.0218. The molecular formula is C24H26N4O3S2. The van der Waals surface area contributed by atoms with Crippen molar-refractivity contribution in [3.8, 4) is 0 Å². The molecule has 0 radical (unpaired) electrons. The minimum atomic E-state index is -0.181. The van der Waals surface area contributed by atoms with Crippen LogP contribution in [0.3, 0.4) is 0 Å². The summed E-state index contributed by atoms with van der Waals surface area (Å²) in [5.74, 6) is 1.03. The Balaban J connectivity index is 1.23. The maximum Gasteiger partial charge on any atom is 0.259 e. The Morgan fingerprint density at radius 1 is 1.21 bits per heavy atom. The average molecular weight is 483 g/mol. The third-order valence-electron chi connectivity index (χ3n) is 6.25. The highest BCUT2D eigenvalue weighted by Gasteiger charge is 2.24. The van der Waals surface area contributed by atoms with E-state index in [4.69, 9.17) is 0 Å². The number of H-pyrrole nitrogens is 1. The van der Waals surface area contributed by atoms with Gasteiger partial charge in [-0.15, -0.1) is 23.1 Å². The molecule has 1 saturated heterocycles. The number of rotatable bonds is 6. The number of hydrogen-bond acceptors (Lipinski definition) is 6. The first-order chi connectivity index (χ1) is 16.0. The molecule has 1 aliphatic heterocycles. The predicted molar refractivity (Wildman–Crippen MR) is 133 cm³/mol. The monoisotopic (exact) mass is 482 g/mol. The lowest BCUT2D eigenvalue weighted by Gasteiger charge is -2.19. The second-order valence-corrected chi connectivity index (χ2v) is 10.7. The number of carbonyl (C=O) groups is 2. The molecule has 2 aromatic heterocycles. The highest BCUT2D eigenvalue weighted by molar-refractivity contribution is 7.99. The molecule has 5 rings (SSSR count). The molecule has 0 spiro atoms. The number of amides is 2. The number of anilines is 1. The van der Waals surface area contributed by atoms with E-state index in [9.17, 15) is 14.4 Å². The quantitative estimate of drug-likeness (QED) is 0.556. The zero-order chi connectivity index (χ0) is 22.9. The Hall–Kier alpha value is -2.65. The molecule has 33 heavy (non-hydrogen) atoms. The van der Waals surface area contributed by atoms with Crippen LogP contribution in [0.25, 0.3) is 10.2 Å². The van der Waals surface area contributed by atoms with Gasteiger partial charge in [0.15, 0.2) is 0 Å². The molecule has 1 aromatic carbocycles. The van der Waals surface area contributed by atoms with Gasteiger partial charge in [-0.1, -0.05) is 12.1 Å². The highest BCUT2D eigenvalue weighted by Crippen LogP contribution is 2.34. The molecule has 0 atom stereocenters. The molecule has 0 unspecified atom stereocenters. The Morgan fingerprint density at radius 2 is 2.03 bits per heavy atom. The highest BCUT2D eigenvalue weighted by atomic mass is 32.2. The van der Waals surface area contributed by atoms with Crippen LogP contribution in [0.15, 0.2) is 23.0 Å². The summed E-state index contributed by atoms with van der Waals surface area (Å²) >= 11 is 3.01. The van der Waals surface area contributed by atoms with Gasteiger partial charge in [0.1, 0.15) is 10.7 Å². The maximum atomic E-state index is 13.0. The molecule has 3 aromatic rings. The first-order valence-corrected chi connectivity index (χ1v) is 13.3. The van der Waals surface area contributed by atoms with Gasteiger partial charge >= 0.3 is 0 Å². The number of aryl methyl sites for hydroxylation is 3. The maximum absolute atomic E-state index is 13.0. The second-order valence-electron chi connectivity index (χ2n) is 8.59. The number of likely N-dealkylation sites (tertiary alicyclic amines) is 1. The van der Waals surface area contributed by atoms with E-state index in [-0.39, 0.29) is 23.1 Å². The molecule has 1 aliphatic carbocycles. The minimum Gasteiger partial charge on any atom is -0.339 e. The number of thioether (sulfide) groups is 1. The summed E-state index contributed by atoms with van der Waals surface area (Å²) in [6.07, 6.45) is 5.13. The first-order valence-electron chi connectivity index (χ1n) is 11.3. The molecule has 0 saturated carbocycles. The lowest BCUT2D eigenvalue weighted by Crippen LogP contribution is -2.29.